The molecule has 1 aliphatic carbocycles. The summed E-state index contributed by atoms with van der Waals surface area (Å²) < 4.78 is 5.56. The van der Waals surface area contributed by atoms with Crippen molar-refractivity contribution >= 4 is 13.9 Å². The van der Waals surface area contributed by atoms with Gasteiger partial charge in [0.25, 0.3) is 0 Å². The zero-order valence-electron chi connectivity index (χ0n) is 12.9. The Kier molecular flexibility index (Phi) is 3.83. The molecule has 21 heavy (non-hydrogen) atoms. The molecular formula is C18H20BNO. The minimum absolute atomic E-state index is 0.781. The van der Waals surface area contributed by atoms with Gasteiger partial charge in [0, 0.05) is 12.0 Å². The van der Waals surface area contributed by atoms with Crippen molar-refractivity contribution in [3.05, 3.63) is 63.8 Å². The number of hydrogen-bond acceptors (Lipinski definition) is 2. The molecule has 1 heterocycles. The highest BCUT2D eigenvalue weighted by molar-refractivity contribution is 6.24. The predicted molar refractivity (Wildman–Crippen MR) is 89.6 cm³/mol. The van der Waals surface area contributed by atoms with Crippen LogP contribution in [0.2, 0.25) is 0 Å². The fourth-order valence-electron chi connectivity index (χ4n) is 2.98. The van der Waals surface area contributed by atoms with E-state index in [1.165, 1.54) is 33.4 Å². The highest BCUT2D eigenvalue weighted by Gasteiger charge is 2.19. The van der Waals surface area contributed by atoms with Gasteiger partial charge in [0.1, 0.15) is 7.85 Å². The fraction of sp³-hybridized carbons (Fsp3) is 0.278. The SMILES string of the molecule is BC1=Cc2c(nc(OC)c(Cc3ccccc3)c2C)CC1. The first-order chi connectivity index (χ1) is 10.2. The number of aryl methyl sites for hydroxylation is 1. The molecule has 106 valence electrons. The van der Waals surface area contributed by atoms with Gasteiger partial charge >= 0.3 is 0 Å². The van der Waals surface area contributed by atoms with E-state index >= 15 is 0 Å². The maximum absolute atomic E-state index is 5.56. The Bertz CT molecular complexity index is 692. The minimum Gasteiger partial charge on any atom is -0.481 e. The van der Waals surface area contributed by atoms with Crippen molar-refractivity contribution in [3.8, 4) is 5.88 Å². The van der Waals surface area contributed by atoms with E-state index in [0.717, 1.165) is 25.1 Å². The summed E-state index contributed by atoms with van der Waals surface area (Å²) >= 11 is 0. The van der Waals surface area contributed by atoms with E-state index in [0.29, 0.717) is 0 Å². The third kappa shape index (κ3) is 2.73. The topological polar surface area (TPSA) is 22.1 Å². The van der Waals surface area contributed by atoms with Crippen molar-refractivity contribution in [2.75, 3.05) is 7.11 Å². The Morgan fingerprint density at radius 2 is 1.95 bits per heavy atom. The summed E-state index contributed by atoms with van der Waals surface area (Å²) in [7, 11) is 3.91. The predicted octanol–water partition coefficient (Wildman–Crippen LogP) is 2.91. The first kappa shape index (κ1) is 13.9. The van der Waals surface area contributed by atoms with Crippen molar-refractivity contribution in [3.63, 3.8) is 0 Å². The Hall–Kier alpha value is -2.03. The molecule has 2 aromatic rings. The smallest absolute Gasteiger partial charge is 0.217 e. The molecule has 3 heteroatoms. The molecule has 0 atom stereocenters. The summed E-state index contributed by atoms with van der Waals surface area (Å²) in [6.45, 7) is 2.19. The first-order valence-corrected chi connectivity index (χ1v) is 7.46. The molecule has 0 N–H and O–H groups in total. The van der Waals surface area contributed by atoms with Gasteiger partial charge in [0.15, 0.2) is 0 Å². The van der Waals surface area contributed by atoms with Gasteiger partial charge in [0.2, 0.25) is 5.88 Å². The number of benzene rings is 1. The van der Waals surface area contributed by atoms with E-state index in [9.17, 15) is 0 Å². The third-order valence-electron chi connectivity index (χ3n) is 4.23. The molecule has 0 saturated heterocycles. The number of rotatable bonds is 3. The van der Waals surface area contributed by atoms with E-state index in [-0.39, 0.29) is 0 Å². The molecule has 1 aliphatic rings. The van der Waals surface area contributed by atoms with Gasteiger partial charge in [-0.1, -0.05) is 36.4 Å². The molecule has 0 fully saturated rings. The maximum atomic E-state index is 5.56. The number of fused-ring (bicyclic) bond motifs is 1. The number of allylic oxidation sites excluding steroid dienone is 1. The lowest BCUT2D eigenvalue weighted by molar-refractivity contribution is 0.391. The van der Waals surface area contributed by atoms with Gasteiger partial charge in [-0.15, -0.1) is 5.47 Å². The second-order valence-corrected chi connectivity index (χ2v) is 5.74. The highest BCUT2D eigenvalue weighted by Crippen LogP contribution is 2.32. The van der Waals surface area contributed by atoms with Crippen molar-refractivity contribution < 1.29 is 4.74 Å². The van der Waals surface area contributed by atoms with Crippen LogP contribution < -0.4 is 4.74 Å². The Balaban J connectivity index is 2.09. The van der Waals surface area contributed by atoms with Crippen LogP contribution in [0.3, 0.4) is 0 Å². The van der Waals surface area contributed by atoms with Gasteiger partial charge in [-0.05, 0) is 36.5 Å². The molecule has 1 aromatic heterocycles. The molecule has 0 amide bonds. The van der Waals surface area contributed by atoms with Crippen LogP contribution in [0.1, 0.15) is 34.4 Å². The van der Waals surface area contributed by atoms with E-state index < -0.39 is 0 Å². The zero-order chi connectivity index (χ0) is 14.8. The average molecular weight is 277 g/mol. The van der Waals surface area contributed by atoms with Crippen LogP contribution in [0.5, 0.6) is 5.88 Å². The van der Waals surface area contributed by atoms with Gasteiger partial charge < -0.3 is 4.74 Å². The molecule has 0 unspecified atom stereocenters. The summed E-state index contributed by atoms with van der Waals surface area (Å²) in [6.07, 6.45) is 5.26. The number of aromatic nitrogens is 1. The quantitative estimate of drug-likeness (QED) is 0.805. The molecule has 0 saturated carbocycles. The van der Waals surface area contributed by atoms with Crippen molar-refractivity contribution in [2.24, 2.45) is 0 Å². The Morgan fingerprint density at radius 1 is 1.19 bits per heavy atom. The van der Waals surface area contributed by atoms with E-state index in [1.807, 2.05) is 6.07 Å². The highest BCUT2D eigenvalue weighted by atomic mass is 16.5. The number of pyridine rings is 1. The van der Waals surface area contributed by atoms with Crippen molar-refractivity contribution in [1.29, 1.82) is 0 Å². The van der Waals surface area contributed by atoms with Gasteiger partial charge in [-0.25, -0.2) is 4.98 Å². The normalized spacial score (nSPS) is 13.5. The van der Waals surface area contributed by atoms with Crippen LogP contribution in [0.4, 0.5) is 0 Å². The maximum Gasteiger partial charge on any atom is 0.217 e. The van der Waals surface area contributed by atoms with Crippen LogP contribution in [0, 0.1) is 6.92 Å². The molecule has 0 aliphatic heterocycles. The zero-order valence-corrected chi connectivity index (χ0v) is 12.9. The molecule has 3 rings (SSSR count). The summed E-state index contributed by atoms with van der Waals surface area (Å²) in [6, 6.07) is 10.5. The van der Waals surface area contributed by atoms with Crippen LogP contribution >= 0.6 is 0 Å². The van der Waals surface area contributed by atoms with E-state index in [2.05, 4.69) is 45.1 Å². The lowest BCUT2D eigenvalue weighted by Crippen LogP contribution is -2.09. The molecule has 1 aromatic carbocycles. The fourth-order valence-corrected chi connectivity index (χ4v) is 2.98. The van der Waals surface area contributed by atoms with Gasteiger partial charge in [0.05, 0.1) is 12.8 Å². The van der Waals surface area contributed by atoms with Crippen LogP contribution in [0.25, 0.3) is 6.08 Å². The number of nitrogens with zero attached hydrogens (tertiary/aromatic N) is 1. The molecule has 0 spiro atoms. The van der Waals surface area contributed by atoms with Crippen LogP contribution in [0.15, 0.2) is 35.8 Å². The van der Waals surface area contributed by atoms with Gasteiger partial charge in [-0.3, -0.25) is 0 Å². The monoisotopic (exact) mass is 277 g/mol. The molecule has 0 bridgehead atoms. The molecular weight excluding hydrogens is 257 g/mol. The van der Waals surface area contributed by atoms with Crippen molar-refractivity contribution in [1.82, 2.24) is 4.98 Å². The summed E-state index contributed by atoms with van der Waals surface area (Å²) in [5, 5.41) is 0. The Labute approximate surface area is 127 Å². The second kappa shape index (κ2) is 5.76. The van der Waals surface area contributed by atoms with E-state index in [1.54, 1.807) is 7.11 Å². The van der Waals surface area contributed by atoms with Crippen LogP contribution in [-0.2, 0) is 12.8 Å². The third-order valence-corrected chi connectivity index (χ3v) is 4.23. The number of ether oxygens (including phenoxy) is 1. The molecule has 0 radical (unpaired) electrons. The van der Waals surface area contributed by atoms with Gasteiger partial charge in [-0.2, -0.15) is 0 Å². The van der Waals surface area contributed by atoms with Crippen LogP contribution in [-0.4, -0.2) is 19.9 Å². The lowest BCUT2D eigenvalue weighted by Gasteiger charge is -2.20. The molecule has 2 nitrogen and oxygen atoms in total. The minimum atomic E-state index is 0.781. The Morgan fingerprint density at radius 3 is 2.67 bits per heavy atom. The summed E-state index contributed by atoms with van der Waals surface area (Å²) in [5.41, 5.74) is 7.70. The number of hydrogen-bond donors (Lipinski definition) is 0. The standard InChI is InChI=1S/C18H20BNO/c1-12-15-11-14(19)8-9-17(15)20-18(21-2)16(12)10-13-6-4-3-5-7-13/h3-7,11H,8-10,19H2,1-2H3. The number of methoxy groups -OCH3 is 1. The first-order valence-electron chi connectivity index (χ1n) is 7.46. The largest absolute Gasteiger partial charge is 0.481 e. The lowest BCUT2D eigenvalue weighted by atomic mass is 9.82. The van der Waals surface area contributed by atoms with E-state index in [4.69, 9.17) is 9.72 Å². The average Bonchev–Trinajstić information content (AvgIpc) is 2.51. The summed E-state index contributed by atoms with van der Waals surface area (Å²) in [4.78, 5) is 4.76. The summed E-state index contributed by atoms with van der Waals surface area (Å²) in [5.74, 6) is 0.781. The second-order valence-electron chi connectivity index (χ2n) is 5.74. The van der Waals surface area contributed by atoms with Crippen molar-refractivity contribution in [2.45, 2.75) is 26.2 Å².